The Morgan fingerprint density at radius 1 is 0.915 bits per heavy atom. The SMILES string of the molecule is C[C@]12CC(F)[C@@H]3c4cc(CCCCCCCCCSCCCC(F)(F)C(F)(F)F)c(OC5CCCCO5)cc4CC[C@H]3[C@@H]1CCC2=O. The van der Waals surface area contributed by atoms with Gasteiger partial charge in [-0.2, -0.15) is 33.7 Å². The van der Waals surface area contributed by atoms with Crippen molar-refractivity contribution in [2.45, 2.75) is 153 Å². The molecule has 1 aromatic rings. The van der Waals surface area contributed by atoms with E-state index < -0.39 is 30.1 Å². The lowest BCUT2D eigenvalue weighted by Gasteiger charge is -2.50. The third kappa shape index (κ3) is 8.85. The highest BCUT2D eigenvalue weighted by atomic mass is 32.2. The van der Waals surface area contributed by atoms with Gasteiger partial charge in [-0.05, 0) is 110 Å². The minimum atomic E-state index is -5.46. The Hall–Kier alpha value is -1.42. The summed E-state index contributed by atoms with van der Waals surface area (Å²) >= 11 is 1.45. The molecule has 47 heavy (non-hydrogen) atoms. The van der Waals surface area contributed by atoms with Crippen LogP contribution in [0.25, 0.3) is 0 Å². The first-order valence-electron chi connectivity index (χ1n) is 18.0. The number of halogens is 6. The van der Waals surface area contributed by atoms with E-state index in [0.717, 1.165) is 113 Å². The third-order valence-corrected chi connectivity index (χ3v) is 12.5. The molecule has 10 heteroatoms. The van der Waals surface area contributed by atoms with Crippen molar-refractivity contribution in [1.29, 1.82) is 0 Å². The number of ether oxygens (including phenoxy) is 2. The number of hydrogen-bond donors (Lipinski definition) is 0. The smallest absolute Gasteiger partial charge is 0.453 e. The Morgan fingerprint density at radius 3 is 2.36 bits per heavy atom. The van der Waals surface area contributed by atoms with Gasteiger partial charge in [0, 0.05) is 30.6 Å². The monoisotopic (exact) mass is 690 g/mol. The van der Waals surface area contributed by atoms with Gasteiger partial charge in [-0.3, -0.25) is 4.79 Å². The van der Waals surface area contributed by atoms with Crippen molar-refractivity contribution in [2.75, 3.05) is 18.1 Å². The number of rotatable bonds is 16. The number of thioether (sulfide) groups is 1. The standard InChI is InChI=1S/C37H52F6O3S/c1-35-24-30(38)34-27(29(35)16-17-32(35)44)15-14-25-23-31(46-33-13-8-9-19-45-33)26(22-28(25)34)12-7-5-3-2-4-6-10-20-47-21-11-18-36(39,40)37(41,42)43/h22-23,27,29-30,33-34H,2-21,24H2,1H3/t27-,29-,30?,33?,34-,35-/m0/s1. The van der Waals surface area contributed by atoms with E-state index in [0.29, 0.717) is 25.2 Å². The molecule has 5 rings (SSSR count). The summed E-state index contributed by atoms with van der Waals surface area (Å²) in [6.07, 6.45) is 6.75. The molecule has 6 atom stereocenters. The van der Waals surface area contributed by atoms with Gasteiger partial charge in [-0.1, -0.05) is 45.1 Å². The molecule has 0 spiro atoms. The van der Waals surface area contributed by atoms with Gasteiger partial charge in [0.1, 0.15) is 17.7 Å². The largest absolute Gasteiger partial charge is 0.465 e. The van der Waals surface area contributed by atoms with Crippen LogP contribution in [-0.4, -0.2) is 48.5 Å². The second-order valence-corrected chi connectivity index (χ2v) is 15.9. The fraction of sp³-hybridized carbons (Fsp3) is 0.811. The highest BCUT2D eigenvalue weighted by molar-refractivity contribution is 7.99. The van der Waals surface area contributed by atoms with E-state index >= 15 is 4.39 Å². The quantitative estimate of drug-likeness (QED) is 0.128. The highest BCUT2D eigenvalue weighted by Gasteiger charge is 2.58. The average Bonchev–Trinajstić information content (AvgIpc) is 3.32. The molecule has 1 heterocycles. The van der Waals surface area contributed by atoms with E-state index in [-0.39, 0.29) is 36.2 Å². The van der Waals surface area contributed by atoms with E-state index in [9.17, 15) is 26.7 Å². The van der Waals surface area contributed by atoms with Crippen LogP contribution in [0.1, 0.15) is 132 Å². The molecule has 1 saturated heterocycles. The lowest BCUT2D eigenvalue weighted by atomic mass is 9.55. The Bertz CT molecular complexity index is 1190. The van der Waals surface area contributed by atoms with Crippen LogP contribution in [0.15, 0.2) is 12.1 Å². The molecule has 266 valence electrons. The van der Waals surface area contributed by atoms with Crippen molar-refractivity contribution < 1.29 is 40.6 Å². The van der Waals surface area contributed by atoms with Gasteiger partial charge in [0.25, 0.3) is 0 Å². The molecule has 1 aliphatic heterocycles. The summed E-state index contributed by atoms with van der Waals surface area (Å²) in [6.45, 7) is 2.71. The maximum atomic E-state index is 16.0. The van der Waals surface area contributed by atoms with Crippen LogP contribution < -0.4 is 4.74 Å². The number of alkyl halides is 6. The summed E-state index contributed by atoms with van der Waals surface area (Å²) in [5.74, 6) is -2.05. The molecule has 3 fully saturated rings. The fourth-order valence-electron chi connectivity index (χ4n) is 8.74. The summed E-state index contributed by atoms with van der Waals surface area (Å²) < 4.78 is 91.1. The van der Waals surface area contributed by atoms with Crippen molar-refractivity contribution in [2.24, 2.45) is 17.3 Å². The Kier molecular flexibility index (Phi) is 12.6. The number of unbranched alkanes of at least 4 members (excludes halogenated alkanes) is 6. The second kappa shape index (κ2) is 16.1. The molecule has 0 bridgehead atoms. The van der Waals surface area contributed by atoms with E-state index in [4.69, 9.17) is 9.47 Å². The summed E-state index contributed by atoms with van der Waals surface area (Å²) in [6, 6.07) is 4.40. The van der Waals surface area contributed by atoms with Gasteiger partial charge in [-0.25, -0.2) is 4.39 Å². The van der Waals surface area contributed by atoms with Crippen LogP contribution in [-0.2, 0) is 22.4 Å². The van der Waals surface area contributed by atoms with Crippen molar-refractivity contribution in [3.05, 3.63) is 28.8 Å². The molecule has 2 saturated carbocycles. The number of ketones is 1. The van der Waals surface area contributed by atoms with E-state index in [2.05, 4.69) is 12.1 Å². The summed E-state index contributed by atoms with van der Waals surface area (Å²) in [7, 11) is 0. The van der Waals surface area contributed by atoms with Crippen LogP contribution in [0.5, 0.6) is 5.75 Å². The number of carbonyl (C=O) groups excluding carboxylic acids is 1. The predicted molar refractivity (Wildman–Crippen MR) is 174 cm³/mol. The zero-order valence-corrected chi connectivity index (χ0v) is 28.6. The van der Waals surface area contributed by atoms with Crippen LogP contribution in [0.4, 0.5) is 26.3 Å². The minimum absolute atomic E-state index is 0.140. The molecule has 0 N–H and O–H groups in total. The number of hydrogen-bond acceptors (Lipinski definition) is 4. The summed E-state index contributed by atoms with van der Waals surface area (Å²) in [5.41, 5.74) is 2.94. The molecule has 4 aliphatic rings. The van der Waals surface area contributed by atoms with Gasteiger partial charge < -0.3 is 9.47 Å². The van der Waals surface area contributed by atoms with Gasteiger partial charge >= 0.3 is 12.1 Å². The Morgan fingerprint density at radius 2 is 1.64 bits per heavy atom. The molecule has 2 unspecified atom stereocenters. The van der Waals surface area contributed by atoms with Gasteiger partial charge in [0.2, 0.25) is 0 Å². The van der Waals surface area contributed by atoms with Crippen molar-refractivity contribution in [3.63, 3.8) is 0 Å². The van der Waals surface area contributed by atoms with Crippen molar-refractivity contribution in [3.8, 4) is 5.75 Å². The molecular formula is C37H52F6O3S. The van der Waals surface area contributed by atoms with Crippen LogP contribution in [0, 0.1) is 17.3 Å². The van der Waals surface area contributed by atoms with Crippen molar-refractivity contribution >= 4 is 17.5 Å². The zero-order valence-electron chi connectivity index (χ0n) is 27.8. The average molecular weight is 691 g/mol. The number of carbonyl (C=O) groups is 1. The Balaban J connectivity index is 1.09. The summed E-state index contributed by atoms with van der Waals surface area (Å²) in [5, 5.41) is 0. The third-order valence-electron chi connectivity index (χ3n) is 11.4. The predicted octanol–water partition coefficient (Wildman–Crippen LogP) is 10.9. The number of Topliss-reactive ketones (excluding diaryl/α,β-unsaturated/α-hetero) is 1. The van der Waals surface area contributed by atoms with Crippen molar-refractivity contribution in [1.82, 2.24) is 0 Å². The normalized spacial score (nSPS) is 29.3. The highest BCUT2D eigenvalue weighted by Crippen LogP contribution is 2.60. The first-order valence-corrected chi connectivity index (χ1v) is 19.2. The van der Waals surface area contributed by atoms with Gasteiger partial charge in [0.05, 0.1) is 6.61 Å². The van der Waals surface area contributed by atoms with E-state index in [1.807, 2.05) is 6.92 Å². The number of fused-ring (bicyclic) bond motifs is 5. The molecule has 3 aliphatic carbocycles. The zero-order chi connectivity index (χ0) is 33.7. The number of aryl methyl sites for hydroxylation is 2. The van der Waals surface area contributed by atoms with Crippen LogP contribution in [0.2, 0.25) is 0 Å². The lowest BCUT2D eigenvalue weighted by Crippen LogP contribution is -2.47. The number of benzene rings is 1. The summed E-state index contributed by atoms with van der Waals surface area (Å²) in [4.78, 5) is 12.8. The van der Waals surface area contributed by atoms with Gasteiger partial charge in [0.15, 0.2) is 6.29 Å². The topological polar surface area (TPSA) is 35.5 Å². The van der Waals surface area contributed by atoms with Crippen LogP contribution in [0.3, 0.4) is 0 Å². The first-order chi connectivity index (χ1) is 22.4. The van der Waals surface area contributed by atoms with E-state index in [1.54, 1.807) is 0 Å². The minimum Gasteiger partial charge on any atom is -0.465 e. The van der Waals surface area contributed by atoms with E-state index in [1.165, 1.54) is 17.3 Å². The maximum Gasteiger partial charge on any atom is 0.453 e. The Labute approximate surface area is 280 Å². The molecule has 0 aromatic heterocycles. The van der Waals surface area contributed by atoms with Crippen LogP contribution >= 0.6 is 11.8 Å². The lowest BCUT2D eigenvalue weighted by molar-refractivity contribution is -0.284. The molecule has 0 amide bonds. The maximum absolute atomic E-state index is 16.0. The molecular weight excluding hydrogens is 638 g/mol. The fourth-order valence-corrected chi connectivity index (χ4v) is 9.70. The second-order valence-electron chi connectivity index (χ2n) is 14.6. The molecule has 3 nitrogen and oxygen atoms in total. The first kappa shape index (κ1) is 36.9. The molecule has 1 aromatic carbocycles. The molecule has 0 radical (unpaired) electrons. The van der Waals surface area contributed by atoms with Gasteiger partial charge in [-0.15, -0.1) is 0 Å².